The molecule has 11 heteroatoms. The summed E-state index contributed by atoms with van der Waals surface area (Å²) in [5.74, 6) is -2.36. The highest BCUT2D eigenvalue weighted by molar-refractivity contribution is 7.89. The van der Waals surface area contributed by atoms with Crippen molar-refractivity contribution in [2.45, 2.75) is 11.8 Å². The minimum absolute atomic E-state index is 0.0756. The summed E-state index contributed by atoms with van der Waals surface area (Å²) in [4.78, 5) is 39.1. The van der Waals surface area contributed by atoms with Crippen molar-refractivity contribution in [2.75, 3.05) is 39.4 Å². The van der Waals surface area contributed by atoms with E-state index in [2.05, 4.69) is 0 Å². The van der Waals surface area contributed by atoms with Gasteiger partial charge in [-0.15, -0.1) is 0 Å². The Balaban J connectivity index is 1.63. The number of amides is 4. The quantitative estimate of drug-likeness (QED) is 0.508. The number of likely N-dealkylation sites (N-methyl/N-ethyl adjacent to an activating group) is 1. The van der Waals surface area contributed by atoms with Gasteiger partial charge >= 0.3 is 17.8 Å². The summed E-state index contributed by atoms with van der Waals surface area (Å²) >= 11 is 0. The number of nitrogens with zero attached hydrogens (tertiary/aromatic N) is 4. The van der Waals surface area contributed by atoms with E-state index in [-0.39, 0.29) is 44.3 Å². The molecule has 27 heavy (non-hydrogen) atoms. The van der Waals surface area contributed by atoms with Gasteiger partial charge in [0.1, 0.15) is 5.82 Å². The van der Waals surface area contributed by atoms with Gasteiger partial charge in [-0.05, 0) is 25.1 Å². The van der Waals surface area contributed by atoms with Crippen molar-refractivity contribution in [2.24, 2.45) is 0 Å². The number of carbonyl (C=O) groups excluding carboxylic acids is 3. The van der Waals surface area contributed by atoms with Gasteiger partial charge in [0, 0.05) is 32.7 Å². The Labute approximate surface area is 156 Å². The molecule has 1 aromatic carbocycles. The molecule has 0 atom stereocenters. The van der Waals surface area contributed by atoms with Crippen LogP contribution in [0.25, 0.3) is 0 Å². The Morgan fingerprint density at radius 1 is 1.00 bits per heavy atom. The number of hydrogen-bond acceptors (Lipinski definition) is 6. The van der Waals surface area contributed by atoms with Crippen molar-refractivity contribution in [1.29, 1.82) is 0 Å². The van der Waals surface area contributed by atoms with Gasteiger partial charge in [-0.25, -0.2) is 22.5 Å². The van der Waals surface area contributed by atoms with Gasteiger partial charge in [-0.3, -0.25) is 19.4 Å². The highest BCUT2D eigenvalue weighted by atomic mass is 32.2. The Kier molecular flexibility index (Phi) is 5.27. The molecule has 146 valence electrons. The lowest BCUT2D eigenvalue weighted by Crippen LogP contribution is -2.52. The summed E-state index contributed by atoms with van der Waals surface area (Å²) in [5.41, 5.74) is 0. The fraction of sp³-hybridized carbons (Fsp3) is 0.438. The molecule has 2 heterocycles. The maximum Gasteiger partial charge on any atom is 0.335 e. The zero-order valence-corrected chi connectivity index (χ0v) is 15.5. The third-order valence-corrected chi connectivity index (χ3v) is 6.45. The predicted molar refractivity (Wildman–Crippen MR) is 91.2 cm³/mol. The third kappa shape index (κ3) is 3.57. The largest absolute Gasteiger partial charge is 0.335 e. The Morgan fingerprint density at radius 3 is 2.19 bits per heavy atom. The summed E-state index contributed by atoms with van der Waals surface area (Å²) in [6, 6.07) is 4.13. The van der Waals surface area contributed by atoms with Crippen LogP contribution in [0.2, 0.25) is 0 Å². The van der Waals surface area contributed by atoms with Gasteiger partial charge in [-0.1, -0.05) is 6.07 Å². The van der Waals surface area contributed by atoms with Crippen LogP contribution in [0.15, 0.2) is 29.2 Å². The van der Waals surface area contributed by atoms with Crippen molar-refractivity contribution in [3.05, 3.63) is 30.1 Å². The van der Waals surface area contributed by atoms with Gasteiger partial charge in [0.25, 0.3) is 0 Å². The van der Waals surface area contributed by atoms with Gasteiger partial charge in [0.2, 0.25) is 10.0 Å². The summed E-state index contributed by atoms with van der Waals surface area (Å²) in [5, 5.41) is 0. The van der Waals surface area contributed by atoms with Crippen molar-refractivity contribution < 1.29 is 27.2 Å². The van der Waals surface area contributed by atoms with Crippen LogP contribution in [0.5, 0.6) is 0 Å². The molecule has 0 unspecified atom stereocenters. The van der Waals surface area contributed by atoms with E-state index in [4.69, 9.17) is 0 Å². The summed E-state index contributed by atoms with van der Waals surface area (Å²) in [7, 11) is -3.82. The zero-order chi connectivity index (χ0) is 19.8. The molecule has 0 aromatic heterocycles. The molecule has 3 rings (SSSR count). The molecule has 2 aliphatic rings. The Bertz CT molecular complexity index is 883. The highest BCUT2D eigenvalue weighted by Crippen LogP contribution is 2.19. The van der Waals surface area contributed by atoms with Crippen LogP contribution in [-0.2, 0) is 19.6 Å². The Hall–Kier alpha value is -2.37. The van der Waals surface area contributed by atoms with E-state index >= 15 is 0 Å². The maximum atomic E-state index is 13.3. The number of carbonyl (C=O) groups is 3. The Morgan fingerprint density at radius 2 is 1.63 bits per heavy atom. The second-order valence-electron chi connectivity index (χ2n) is 6.19. The number of hydrogen-bond donors (Lipinski definition) is 0. The summed E-state index contributed by atoms with van der Waals surface area (Å²) in [6.45, 7) is 2.43. The lowest BCUT2D eigenvalue weighted by molar-refractivity contribution is -0.143. The van der Waals surface area contributed by atoms with E-state index in [1.54, 1.807) is 11.8 Å². The van der Waals surface area contributed by atoms with Gasteiger partial charge < -0.3 is 0 Å². The standard InChI is InChI=1S/C16H19FN4O5S/c1-2-20-14(22)15(23)21(16(20)24)11-18-6-8-19(9-7-18)27(25,26)13-5-3-4-12(17)10-13/h3-5,10H,2,6-9,11H2,1H3. The summed E-state index contributed by atoms with van der Waals surface area (Å²) in [6.07, 6.45) is 0. The van der Waals surface area contributed by atoms with E-state index in [1.807, 2.05) is 0 Å². The topological polar surface area (TPSA) is 98.3 Å². The molecule has 2 fully saturated rings. The first-order valence-corrected chi connectivity index (χ1v) is 9.85. The maximum absolute atomic E-state index is 13.3. The monoisotopic (exact) mass is 398 g/mol. The van der Waals surface area contributed by atoms with Crippen molar-refractivity contribution >= 4 is 27.9 Å². The van der Waals surface area contributed by atoms with E-state index in [9.17, 15) is 27.2 Å². The number of imide groups is 2. The van der Waals surface area contributed by atoms with E-state index in [1.165, 1.54) is 22.5 Å². The fourth-order valence-corrected chi connectivity index (χ4v) is 4.50. The van der Waals surface area contributed by atoms with Crippen LogP contribution >= 0.6 is 0 Å². The first kappa shape index (κ1) is 19.4. The van der Waals surface area contributed by atoms with Crippen molar-refractivity contribution in [1.82, 2.24) is 19.0 Å². The molecule has 0 saturated carbocycles. The molecule has 0 aliphatic carbocycles. The van der Waals surface area contributed by atoms with Gasteiger partial charge in [0.05, 0.1) is 11.6 Å². The SMILES string of the molecule is CCN1C(=O)C(=O)N(CN2CCN(S(=O)(=O)c3cccc(F)c3)CC2)C1=O. The molecule has 0 bridgehead atoms. The molecule has 4 amide bonds. The number of benzene rings is 1. The minimum Gasteiger partial charge on any atom is -0.283 e. The molecule has 2 saturated heterocycles. The minimum atomic E-state index is -3.82. The van der Waals surface area contributed by atoms with Crippen molar-refractivity contribution in [3.8, 4) is 0 Å². The average Bonchev–Trinajstić information content (AvgIpc) is 2.85. The first-order chi connectivity index (χ1) is 12.8. The first-order valence-electron chi connectivity index (χ1n) is 8.41. The van der Waals surface area contributed by atoms with Crippen LogP contribution in [0.3, 0.4) is 0 Å². The van der Waals surface area contributed by atoms with Crippen molar-refractivity contribution in [3.63, 3.8) is 0 Å². The van der Waals surface area contributed by atoms with Crippen LogP contribution in [0.1, 0.15) is 6.92 Å². The molecule has 9 nitrogen and oxygen atoms in total. The number of piperazine rings is 1. The molecule has 0 spiro atoms. The number of rotatable bonds is 5. The lowest BCUT2D eigenvalue weighted by Gasteiger charge is -2.35. The smallest absolute Gasteiger partial charge is 0.283 e. The van der Waals surface area contributed by atoms with Crippen LogP contribution in [0.4, 0.5) is 9.18 Å². The molecule has 0 radical (unpaired) electrons. The van der Waals surface area contributed by atoms with Crippen LogP contribution in [-0.4, -0.2) is 84.7 Å². The van der Waals surface area contributed by atoms with Gasteiger partial charge in [0.15, 0.2) is 0 Å². The van der Waals surface area contributed by atoms with Crippen LogP contribution < -0.4 is 0 Å². The molecule has 1 aromatic rings. The number of sulfonamides is 1. The predicted octanol–water partition coefficient (Wildman–Crippen LogP) is -0.0998. The summed E-state index contributed by atoms with van der Waals surface area (Å²) < 4.78 is 39.7. The lowest BCUT2D eigenvalue weighted by atomic mass is 10.3. The average molecular weight is 398 g/mol. The second kappa shape index (κ2) is 7.33. The second-order valence-corrected chi connectivity index (χ2v) is 8.12. The number of urea groups is 1. The molecule has 2 aliphatic heterocycles. The fourth-order valence-electron chi connectivity index (χ4n) is 3.04. The normalized spacial score (nSPS) is 20.0. The van der Waals surface area contributed by atoms with E-state index in [0.717, 1.165) is 15.9 Å². The van der Waals surface area contributed by atoms with Gasteiger partial charge in [-0.2, -0.15) is 4.31 Å². The third-order valence-electron chi connectivity index (χ3n) is 4.56. The molecular weight excluding hydrogens is 379 g/mol. The highest BCUT2D eigenvalue weighted by Gasteiger charge is 2.44. The van der Waals surface area contributed by atoms with E-state index < -0.39 is 33.7 Å². The number of halogens is 1. The van der Waals surface area contributed by atoms with E-state index in [0.29, 0.717) is 0 Å². The zero-order valence-electron chi connectivity index (χ0n) is 14.7. The molecular formula is C16H19FN4O5S. The molecule has 0 N–H and O–H groups in total. The van der Waals surface area contributed by atoms with Crippen LogP contribution in [0, 0.1) is 5.82 Å².